The Morgan fingerprint density at radius 2 is 1.62 bits per heavy atom. The molecule has 0 aromatic heterocycles. The minimum Gasteiger partial charge on any atom is -0.390 e. The van der Waals surface area contributed by atoms with Crippen LogP contribution in [-0.2, 0) is 4.74 Å². The van der Waals surface area contributed by atoms with Gasteiger partial charge in [-0.25, -0.2) is 0 Å². The summed E-state index contributed by atoms with van der Waals surface area (Å²) in [5.74, 6) is 2.80. The van der Waals surface area contributed by atoms with Crippen molar-refractivity contribution >= 4 is 22.6 Å². The van der Waals surface area contributed by atoms with Gasteiger partial charge in [-0.2, -0.15) is 0 Å². The molecule has 2 nitrogen and oxygen atoms in total. The summed E-state index contributed by atoms with van der Waals surface area (Å²) in [5.41, 5.74) is 0.168. The van der Waals surface area contributed by atoms with E-state index in [-0.39, 0.29) is 11.7 Å². The molecule has 0 saturated heterocycles. The third-order valence-electron chi connectivity index (χ3n) is 4.74. The second-order valence-electron chi connectivity index (χ2n) is 6.22. The Morgan fingerprint density at radius 1 is 1.12 bits per heavy atom. The average Bonchev–Trinajstić information content (AvgIpc) is 2.24. The van der Waals surface area contributed by atoms with Crippen molar-refractivity contribution in [3.05, 3.63) is 0 Å². The van der Waals surface area contributed by atoms with Crippen LogP contribution in [0, 0.1) is 17.8 Å². The van der Waals surface area contributed by atoms with Crippen molar-refractivity contribution in [1.82, 2.24) is 0 Å². The van der Waals surface area contributed by atoms with Crippen molar-refractivity contribution in [2.24, 2.45) is 17.8 Å². The molecule has 0 spiro atoms. The monoisotopic (exact) mass is 336 g/mol. The second kappa shape index (κ2) is 4.39. The highest BCUT2D eigenvalue weighted by atomic mass is 127. The van der Waals surface area contributed by atoms with Gasteiger partial charge < -0.3 is 9.84 Å². The van der Waals surface area contributed by atoms with Crippen molar-refractivity contribution in [2.75, 3.05) is 11.0 Å². The van der Waals surface area contributed by atoms with Crippen LogP contribution in [0.15, 0.2) is 0 Å². The number of halogens is 1. The highest BCUT2D eigenvalue weighted by Crippen LogP contribution is 2.57. The maximum Gasteiger partial charge on any atom is 0.0863 e. The van der Waals surface area contributed by atoms with Crippen molar-refractivity contribution < 1.29 is 9.84 Å². The molecule has 0 aliphatic heterocycles. The van der Waals surface area contributed by atoms with Gasteiger partial charge in [0.2, 0.25) is 0 Å². The van der Waals surface area contributed by atoms with Gasteiger partial charge in [-0.05, 0) is 56.3 Å². The molecule has 1 N–H and O–H groups in total. The summed E-state index contributed by atoms with van der Waals surface area (Å²) >= 11 is 2.23. The smallest absolute Gasteiger partial charge is 0.0863 e. The summed E-state index contributed by atoms with van der Waals surface area (Å²) in [6.07, 6.45) is 7.91. The van der Waals surface area contributed by atoms with Gasteiger partial charge in [0.1, 0.15) is 0 Å². The normalized spacial score (nSPS) is 47.2. The maximum atomic E-state index is 9.63. The molecule has 0 amide bonds. The molecular formula is C13H21IO2. The molecule has 16 heavy (non-hydrogen) atoms. The number of hydrogen-bond acceptors (Lipinski definition) is 2. The molecule has 0 heterocycles. The minimum absolute atomic E-state index is 0.168. The Hall–Kier alpha value is 0.650. The van der Waals surface area contributed by atoms with Gasteiger partial charge in [0, 0.05) is 4.43 Å². The van der Waals surface area contributed by atoms with E-state index in [1.165, 1.54) is 38.5 Å². The van der Waals surface area contributed by atoms with Gasteiger partial charge in [-0.1, -0.05) is 22.6 Å². The SMILES string of the molecule is O[C@H](CI)COC12CC3CC(CC(C3)C1)C2. The molecule has 4 fully saturated rings. The maximum absolute atomic E-state index is 9.63. The van der Waals surface area contributed by atoms with Crippen molar-refractivity contribution in [3.63, 3.8) is 0 Å². The number of alkyl halides is 1. The molecule has 1 atom stereocenters. The van der Waals surface area contributed by atoms with E-state index in [9.17, 15) is 5.11 Å². The van der Waals surface area contributed by atoms with E-state index in [1.807, 2.05) is 0 Å². The Kier molecular flexibility index (Phi) is 3.22. The van der Waals surface area contributed by atoms with Crippen LogP contribution in [-0.4, -0.2) is 27.8 Å². The van der Waals surface area contributed by atoms with E-state index in [4.69, 9.17) is 4.74 Å². The van der Waals surface area contributed by atoms with Crippen LogP contribution < -0.4 is 0 Å². The predicted molar refractivity (Wildman–Crippen MR) is 71.7 cm³/mol. The average molecular weight is 336 g/mol. The largest absolute Gasteiger partial charge is 0.390 e. The molecule has 4 saturated carbocycles. The highest BCUT2D eigenvalue weighted by Gasteiger charge is 2.51. The lowest BCUT2D eigenvalue weighted by Gasteiger charge is -2.56. The Labute approximate surface area is 111 Å². The Bertz CT molecular complexity index is 231. The fraction of sp³-hybridized carbons (Fsp3) is 1.00. The Balaban J connectivity index is 1.64. The van der Waals surface area contributed by atoms with Crippen LogP contribution in [0.4, 0.5) is 0 Å². The molecule has 4 aliphatic carbocycles. The number of hydrogen-bond donors (Lipinski definition) is 1. The molecule has 92 valence electrons. The molecule has 4 bridgehead atoms. The lowest BCUT2D eigenvalue weighted by molar-refractivity contribution is -0.173. The van der Waals surface area contributed by atoms with E-state index in [0.717, 1.165) is 22.2 Å². The highest BCUT2D eigenvalue weighted by molar-refractivity contribution is 14.1. The molecular weight excluding hydrogens is 315 g/mol. The summed E-state index contributed by atoms with van der Waals surface area (Å²) < 4.78 is 6.92. The van der Waals surface area contributed by atoms with Gasteiger partial charge in [0.05, 0.1) is 18.3 Å². The standard InChI is InChI=1S/C13H21IO2/c14-7-12(15)8-16-13-4-9-1-10(5-13)3-11(2-9)6-13/h9-12,15H,1-8H2/t9?,10?,11?,12-,13?/m1/s1. The molecule has 0 aromatic rings. The first-order valence-corrected chi connectivity index (χ1v) is 8.10. The molecule has 4 aliphatic rings. The van der Waals surface area contributed by atoms with Crippen LogP contribution in [0.5, 0.6) is 0 Å². The van der Waals surface area contributed by atoms with Crippen LogP contribution in [0.3, 0.4) is 0 Å². The molecule has 0 aromatic carbocycles. The lowest BCUT2D eigenvalue weighted by atomic mass is 9.54. The van der Waals surface area contributed by atoms with Crippen LogP contribution in [0.2, 0.25) is 0 Å². The first kappa shape index (κ1) is 11.7. The molecule has 4 rings (SSSR count). The topological polar surface area (TPSA) is 29.5 Å². The van der Waals surface area contributed by atoms with Crippen LogP contribution in [0.25, 0.3) is 0 Å². The molecule has 3 heteroatoms. The summed E-state index contributed by atoms with van der Waals surface area (Å²) in [5, 5.41) is 9.63. The van der Waals surface area contributed by atoms with Gasteiger partial charge in [0.25, 0.3) is 0 Å². The van der Waals surface area contributed by atoms with E-state index in [2.05, 4.69) is 22.6 Å². The van der Waals surface area contributed by atoms with Gasteiger partial charge >= 0.3 is 0 Å². The van der Waals surface area contributed by atoms with Crippen molar-refractivity contribution in [1.29, 1.82) is 0 Å². The zero-order chi connectivity index (χ0) is 11.2. The summed E-state index contributed by atoms with van der Waals surface area (Å²) in [6.45, 7) is 0.551. The third-order valence-corrected chi connectivity index (χ3v) is 5.76. The van der Waals surface area contributed by atoms with E-state index < -0.39 is 0 Å². The first-order valence-electron chi connectivity index (χ1n) is 6.57. The second-order valence-corrected chi connectivity index (χ2v) is 7.10. The van der Waals surface area contributed by atoms with Crippen LogP contribution in [0.1, 0.15) is 38.5 Å². The molecule has 0 unspecified atom stereocenters. The van der Waals surface area contributed by atoms with Gasteiger partial charge in [-0.3, -0.25) is 0 Å². The third kappa shape index (κ3) is 2.15. The predicted octanol–water partition coefficient (Wildman–Crippen LogP) is 2.77. The Morgan fingerprint density at radius 3 is 2.06 bits per heavy atom. The number of rotatable bonds is 4. The van der Waals surface area contributed by atoms with E-state index in [1.54, 1.807) is 0 Å². The van der Waals surface area contributed by atoms with E-state index >= 15 is 0 Å². The van der Waals surface area contributed by atoms with Crippen molar-refractivity contribution in [3.8, 4) is 0 Å². The zero-order valence-electron chi connectivity index (χ0n) is 9.70. The van der Waals surface area contributed by atoms with E-state index in [0.29, 0.717) is 6.61 Å². The van der Waals surface area contributed by atoms with Gasteiger partial charge in [0.15, 0.2) is 0 Å². The van der Waals surface area contributed by atoms with Crippen LogP contribution >= 0.6 is 22.6 Å². The number of ether oxygens (including phenoxy) is 1. The molecule has 0 radical (unpaired) electrons. The summed E-state index contributed by atoms with van der Waals surface area (Å²) in [4.78, 5) is 0. The first-order chi connectivity index (χ1) is 7.69. The summed E-state index contributed by atoms with van der Waals surface area (Å²) in [6, 6.07) is 0. The lowest BCUT2D eigenvalue weighted by Crippen LogP contribution is -2.52. The summed E-state index contributed by atoms with van der Waals surface area (Å²) in [7, 11) is 0. The number of aliphatic hydroxyl groups excluding tert-OH is 1. The van der Waals surface area contributed by atoms with Crippen molar-refractivity contribution in [2.45, 2.75) is 50.2 Å². The minimum atomic E-state index is -0.270. The quantitative estimate of drug-likeness (QED) is 0.632. The number of aliphatic hydroxyl groups is 1. The zero-order valence-corrected chi connectivity index (χ0v) is 11.9. The fourth-order valence-electron chi connectivity index (χ4n) is 4.53. The fourth-order valence-corrected chi connectivity index (χ4v) is 4.78. The van der Waals surface area contributed by atoms with Gasteiger partial charge in [-0.15, -0.1) is 0 Å².